The van der Waals surface area contributed by atoms with Crippen molar-refractivity contribution in [1.82, 2.24) is 4.90 Å². The number of carbonyl (C=O) groups excluding carboxylic acids is 1. The van der Waals surface area contributed by atoms with E-state index in [4.69, 9.17) is 5.26 Å². The highest BCUT2D eigenvalue weighted by molar-refractivity contribution is 5.77. The summed E-state index contributed by atoms with van der Waals surface area (Å²) >= 11 is 0. The molecule has 2 aromatic carbocycles. The van der Waals surface area contributed by atoms with Gasteiger partial charge in [-0.25, -0.2) is 0 Å². The third-order valence-electron chi connectivity index (χ3n) is 4.75. The number of aryl methyl sites for hydroxylation is 2. The van der Waals surface area contributed by atoms with Gasteiger partial charge in [0.05, 0.1) is 17.7 Å². The quantitative estimate of drug-likeness (QED) is 0.849. The predicted molar refractivity (Wildman–Crippen MR) is 94.3 cm³/mol. The third-order valence-corrected chi connectivity index (χ3v) is 4.75. The number of rotatable bonds is 4. The Hall–Kier alpha value is -2.60. The summed E-state index contributed by atoms with van der Waals surface area (Å²) in [6.07, 6.45) is 3.36. The Balaban J connectivity index is 1.63. The van der Waals surface area contributed by atoms with Crippen LogP contribution in [0, 0.1) is 18.3 Å². The van der Waals surface area contributed by atoms with E-state index in [1.165, 1.54) is 11.1 Å². The lowest BCUT2D eigenvalue weighted by Crippen LogP contribution is -2.30. The summed E-state index contributed by atoms with van der Waals surface area (Å²) in [5.74, 6) is 0.224. The molecule has 0 N–H and O–H groups in total. The van der Waals surface area contributed by atoms with Gasteiger partial charge >= 0.3 is 0 Å². The fraction of sp³-hybridized carbons (Fsp3) is 0.333. The minimum atomic E-state index is 0.221. The zero-order valence-corrected chi connectivity index (χ0v) is 14.0. The molecule has 1 unspecified atom stereocenters. The van der Waals surface area contributed by atoms with Gasteiger partial charge < -0.3 is 4.90 Å². The van der Waals surface area contributed by atoms with Crippen LogP contribution in [0.4, 0.5) is 0 Å². The van der Waals surface area contributed by atoms with Gasteiger partial charge in [0.15, 0.2) is 0 Å². The Labute approximate surface area is 143 Å². The fourth-order valence-electron chi connectivity index (χ4n) is 3.34. The first-order chi connectivity index (χ1) is 11.7. The first-order valence-corrected chi connectivity index (χ1v) is 8.52. The second-order valence-electron chi connectivity index (χ2n) is 6.46. The van der Waals surface area contributed by atoms with Crippen LogP contribution in [0.25, 0.3) is 0 Å². The minimum Gasteiger partial charge on any atom is -0.336 e. The fourth-order valence-corrected chi connectivity index (χ4v) is 3.34. The van der Waals surface area contributed by atoms with Crippen molar-refractivity contribution in [2.45, 2.75) is 38.6 Å². The SMILES string of the molecule is Cc1ccc(C2CCCN2C(=O)CCc2ccc(C#N)cc2)cc1. The number of hydrogen-bond acceptors (Lipinski definition) is 2. The molecular formula is C21H22N2O. The van der Waals surface area contributed by atoms with Crippen LogP contribution < -0.4 is 0 Å². The molecule has 0 radical (unpaired) electrons. The molecule has 3 nitrogen and oxygen atoms in total. The van der Waals surface area contributed by atoms with E-state index in [0.717, 1.165) is 31.4 Å². The van der Waals surface area contributed by atoms with Gasteiger partial charge in [-0.3, -0.25) is 4.79 Å². The van der Waals surface area contributed by atoms with Crippen molar-refractivity contribution in [3.63, 3.8) is 0 Å². The van der Waals surface area contributed by atoms with Gasteiger partial charge in [0.1, 0.15) is 0 Å². The zero-order chi connectivity index (χ0) is 16.9. The lowest BCUT2D eigenvalue weighted by atomic mass is 10.0. The van der Waals surface area contributed by atoms with Gasteiger partial charge in [0, 0.05) is 13.0 Å². The van der Waals surface area contributed by atoms with E-state index in [-0.39, 0.29) is 11.9 Å². The first-order valence-electron chi connectivity index (χ1n) is 8.52. The molecule has 2 aromatic rings. The Bertz CT molecular complexity index is 741. The normalized spacial score (nSPS) is 16.8. The predicted octanol–water partition coefficient (Wildman–Crippen LogP) is 4.16. The largest absolute Gasteiger partial charge is 0.336 e. The van der Waals surface area contributed by atoms with Crippen LogP contribution in [-0.4, -0.2) is 17.4 Å². The number of likely N-dealkylation sites (tertiary alicyclic amines) is 1. The highest BCUT2D eigenvalue weighted by Crippen LogP contribution is 2.32. The molecular weight excluding hydrogens is 296 g/mol. The van der Waals surface area contributed by atoms with Gasteiger partial charge in [0.25, 0.3) is 0 Å². The number of hydrogen-bond donors (Lipinski definition) is 0. The lowest BCUT2D eigenvalue weighted by Gasteiger charge is -2.25. The summed E-state index contributed by atoms with van der Waals surface area (Å²) in [5.41, 5.74) is 4.25. The van der Waals surface area contributed by atoms with Crippen LogP contribution in [0.1, 0.15) is 47.6 Å². The number of carbonyl (C=O) groups is 1. The molecule has 3 rings (SSSR count). The van der Waals surface area contributed by atoms with Crippen LogP contribution >= 0.6 is 0 Å². The monoisotopic (exact) mass is 318 g/mol. The lowest BCUT2D eigenvalue weighted by molar-refractivity contribution is -0.132. The van der Waals surface area contributed by atoms with Crippen molar-refractivity contribution >= 4 is 5.91 Å². The summed E-state index contributed by atoms with van der Waals surface area (Å²) in [7, 11) is 0. The molecule has 0 saturated carbocycles. The van der Waals surface area contributed by atoms with Crippen molar-refractivity contribution < 1.29 is 4.79 Å². The van der Waals surface area contributed by atoms with Crippen LogP contribution in [0.5, 0.6) is 0 Å². The van der Waals surface area contributed by atoms with Crippen LogP contribution in [-0.2, 0) is 11.2 Å². The second kappa shape index (κ2) is 7.31. The molecule has 3 heteroatoms. The van der Waals surface area contributed by atoms with Crippen LogP contribution in [0.2, 0.25) is 0 Å². The van der Waals surface area contributed by atoms with E-state index in [2.05, 4.69) is 37.3 Å². The maximum Gasteiger partial charge on any atom is 0.223 e. The van der Waals surface area contributed by atoms with E-state index in [0.29, 0.717) is 12.0 Å². The van der Waals surface area contributed by atoms with Gasteiger partial charge in [-0.2, -0.15) is 5.26 Å². The highest BCUT2D eigenvalue weighted by atomic mass is 16.2. The Morgan fingerprint density at radius 1 is 1.17 bits per heavy atom. The van der Waals surface area contributed by atoms with Gasteiger partial charge in [-0.1, -0.05) is 42.0 Å². The standard InChI is InChI=1S/C21H22N2O/c1-16-4-11-19(12-5-16)20-3-2-14-23(20)21(24)13-10-17-6-8-18(15-22)9-7-17/h4-9,11-12,20H,2-3,10,13-14H2,1H3. The molecule has 1 atom stereocenters. The maximum atomic E-state index is 12.7. The molecule has 1 aliphatic rings. The van der Waals surface area contributed by atoms with Crippen LogP contribution in [0.15, 0.2) is 48.5 Å². The van der Waals surface area contributed by atoms with Crippen molar-refractivity contribution in [3.05, 3.63) is 70.8 Å². The molecule has 1 aliphatic heterocycles. The van der Waals surface area contributed by atoms with Gasteiger partial charge in [-0.05, 0) is 49.4 Å². The summed E-state index contributed by atoms with van der Waals surface area (Å²) < 4.78 is 0. The van der Waals surface area contributed by atoms with Crippen molar-refractivity contribution in [3.8, 4) is 6.07 Å². The summed E-state index contributed by atoms with van der Waals surface area (Å²) in [4.78, 5) is 14.7. The van der Waals surface area contributed by atoms with Crippen molar-refractivity contribution in [2.24, 2.45) is 0 Å². The molecule has 1 heterocycles. The van der Waals surface area contributed by atoms with E-state index < -0.39 is 0 Å². The third kappa shape index (κ3) is 3.65. The average molecular weight is 318 g/mol. The number of amides is 1. The summed E-state index contributed by atoms with van der Waals surface area (Å²) in [6, 6.07) is 18.4. The molecule has 1 amide bonds. The Kier molecular flexibility index (Phi) is 4.96. The Morgan fingerprint density at radius 2 is 1.88 bits per heavy atom. The minimum absolute atomic E-state index is 0.221. The highest BCUT2D eigenvalue weighted by Gasteiger charge is 2.29. The molecule has 24 heavy (non-hydrogen) atoms. The smallest absolute Gasteiger partial charge is 0.223 e. The van der Waals surface area contributed by atoms with E-state index >= 15 is 0 Å². The summed E-state index contributed by atoms with van der Waals surface area (Å²) in [6.45, 7) is 2.93. The summed E-state index contributed by atoms with van der Waals surface area (Å²) in [5, 5.41) is 8.83. The number of benzene rings is 2. The maximum absolute atomic E-state index is 12.7. The van der Waals surface area contributed by atoms with Crippen molar-refractivity contribution in [2.75, 3.05) is 6.54 Å². The van der Waals surface area contributed by atoms with Gasteiger partial charge in [-0.15, -0.1) is 0 Å². The first kappa shape index (κ1) is 16.3. The Morgan fingerprint density at radius 3 is 2.54 bits per heavy atom. The van der Waals surface area contributed by atoms with Gasteiger partial charge in [0.2, 0.25) is 5.91 Å². The van der Waals surface area contributed by atoms with E-state index in [1.54, 1.807) is 0 Å². The second-order valence-corrected chi connectivity index (χ2v) is 6.46. The molecule has 0 aromatic heterocycles. The zero-order valence-electron chi connectivity index (χ0n) is 14.0. The van der Waals surface area contributed by atoms with Crippen LogP contribution in [0.3, 0.4) is 0 Å². The molecule has 0 aliphatic carbocycles. The topological polar surface area (TPSA) is 44.1 Å². The molecule has 122 valence electrons. The molecule has 0 bridgehead atoms. The van der Waals surface area contributed by atoms with Crippen molar-refractivity contribution in [1.29, 1.82) is 5.26 Å². The number of nitriles is 1. The van der Waals surface area contributed by atoms with E-state index in [1.807, 2.05) is 29.2 Å². The molecule has 1 saturated heterocycles. The molecule has 0 spiro atoms. The molecule has 1 fully saturated rings. The number of nitrogens with zero attached hydrogens (tertiary/aromatic N) is 2. The average Bonchev–Trinajstić information content (AvgIpc) is 3.10. The van der Waals surface area contributed by atoms with E-state index in [9.17, 15) is 4.79 Å².